The largest absolute Gasteiger partial charge is 0.355 e. The normalized spacial score (nSPS) is 11.9. The van der Waals surface area contributed by atoms with Gasteiger partial charge in [0.05, 0.1) is 0 Å². The highest BCUT2D eigenvalue weighted by Crippen LogP contribution is 2.23. The van der Waals surface area contributed by atoms with Crippen molar-refractivity contribution in [2.24, 2.45) is 5.92 Å². The van der Waals surface area contributed by atoms with Gasteiger partial charge in [-0.15, -0.1) is 0 Å². The Morgan fingerprint density at radius 3 is 2.48 bits per heavy atom. The molecule has 0 aliphatic heterocycles. The Morgan fingerprint density at radius 1 is 1.22 bits per heavy atom. The minimum Gasteiger partial charge on any atom is -0.355 e. The number of aromatic nitrogens is 1. The molecule has 2 aromatic rings. The highest BCUT2D eigenvalue weighted by Gasteiger charge is 2.17. The summed E-state index contributed by atoms with van der Waals surface area (Å²) in [4.78, 5) is 26.9. The quantitative estimate of drug-likeness (QED) is 0.789. The predicted molar refractivity (Wildman–Crippen MR) is 107 cm³/mol. The second kappa shape index (κ2) is 9.18. The smallest absolute Gasteiger partial charge is 0.266 e. The molecule has 0 radical (unpaired) electrons. The highest BCUT2D eigenvalue weighted by atomic mass is 16.1. The first-order valence-corrected chi connectivity index (χ1v) is 9.29. The van der Waals surface area contributed by atoms with Crippen LogP contribution >= 0.6 is 0 Å². The van der Waals surface area contributed by atoms with Crippen LogP contribution in [0.4, 0.5) is 0 Å². The third-order valence-corrected chi connectivity index (χ3v) is 5.07. The minimum absolute atomic E-state index is 0.0277. The third-order valence-electron chi connectivity index (χ3n) is 5.07. The zero-order valence-electron chi connectivity index (χ0n) is 16.4. The van der Waals surface area contributed by atoms with E-state index < -0.39 is 0 Å². The van der Waals surface area contributed by atoms with Crippen molar-refractivity contribution in [3.05, 3.63) is 68.6 Å². The molecule has 2 rings (SSSR count). The van der Waals surface area contributed by atoms with E-state index in [4.69, 9.17) is 5.26 Å². The molecule has 1 heterocycles. The number of carbonyl (C=O) groups excluding carboxylic acids is 1. The van der Waals surface area contributed by atoms with Gasteiger partial charge in [0.25, 0.3) is 5.56 Å². The van der Waals surface area contributed by atoms with Crippen molar-refractivity contribution in [1.82, 2.24) is 10.3 Å². The lowest BCUT2D eigenvalue weighted by Crippen LogP contribution is -2.30. The fourth-order valence-corrected chi connectivity index (χ4v) is 3.41. The van der Waals surface area contributed by atoms with E-state index >= 15 is 0 Å². The Labute approximate surface area is 160 Å². The van der Waals surface area contributed by atoms with E-state index in [9.17, 15) is 9.59 Å². The number of nitrogens with zero attached hydrogens (tertiary/aromatic N) is 1. The van der Waals surface area contributed by atoms with Crippen molar-refractivity contribution in [1.29, 1.82) is 5.26 Å². The van der Waals surface area contributed by atoms with E-state index in [1.165, 1.54) is 5.56 Å². The molecule has 0 aliphatic carbocycles. The van der Waals surface area contributed by atoms with Gasteiger partial charge < -0.3 is 10.3 Å². The number of benzene rings is 1. The van der Waals surface area contributed by atoms with Crippen LogP contribution in [0.1, 0.15) is 54.1 Å². The maximum Gasteiger partial charge on any atom is 0.266 e. The van der Waals surface area contributed by atoms with Crippen LogP contribution in [-0.2, 0) is 11.2 Å². The molecule has 1 amide bonds. The Bertz CT molecular complexity index is 892. The van der Waals surface area contributed by atoms with Gasteiger partial charge in [-0.3, -0.25) is 9.59 Å². The first-order chi connectivity index (χ1) is 12.8. The van der Waals surface area contributed by atoms with E-state index in [1.807, 2.05) is 24.3 Å². The zero-order valence-corrected chi connectivity index (χ0v) is 16.4. The Kier molecular flexibility index (Phi) is 6.95. The minimum atomic E-state index is -0.372. The molecule has 0 saturated heterocycles. The lowest BCUT2D eigenvalue weighted by atomic mass is 9.88. The van der Waals surface area contributed by atoms with Gasteiger partial charge in [-0.25, -0.2) is 0 Å². The summed E-state index contributed by atoms with van der Waals surface area (Å²) in [5.41, 5.74) is 3.22. The molecule has 0 spiro atoms. The number of amides is 1. The second-order valence-electron chi connectivity index (χ2n) is 7.23. The maximum absolute atomic E-state index is 12.4. The molecule has 0 bridgehead atoms. The molecular weight excluding hydrogens is 338 g/mol. The van der Waals surface area contributed by atoms with E-state index in [2.05, 4.69) is 36.3 Å². The van der Waals surface area contributed by atoms with Crippen molar-refractivity contribution >= 4 is 5.91 Å². The van der Waals surface area contributed by atoms with Gasteiger partial charge in [-0.1, -0.05) is 44.2 Å². The first kappa shape index (κ1) is 20.4. The number of carbonyl (C=O) groups is 1. The summed E-state index contributed by atoms with van der Waals surface area (Å²) in [6, 6.07) is 12.1. The number of rotatable bonds is 7. The van der Waals surface area contributed by atoms with E-state index in [-0.39, 0.29) is 22.9 Å². The van der Waals surface area contributed by atoms with E-state index in [1.54, 1.807) is 13.8 Å². The number of nitriles is 1. The standard InChI is InChI=1S/C22H27N3O2/c1-14(2)20(17-8-6-5-7-9-17)13-24-21(26)11-10-18-15(3)19(12-23)22(27)25-16(18)4/h5-9,14,20H,10-11,13H2,1-4H3,(H,24,26)(H,25,27). The van der Waals surface area contributed by atoms with Gasteiger partial charge in [0.15, 0.2) is 0 Å². The first-order valence-electron chi connectivity index (χ1n) is 9.29. The summed E-state index contributed by atoms with van der Waals surface area (Å²) in [6.07, 6.45) is 0.810. The van der Waals surface area contributed by atoms with Crippen molar-refractivity contribution in [3.8, 4) is 6.07 Å². The van der Waals surface area contributed by atoms with Crippen LogP contribution in [0.3, 0.4) is 0 Å². The molecule has 5 heteroatoms. The fourth-order valence-electron chi connectivity index (χ4n) is 3.41. The summed E-state index contributed by atoms with van der Waals surface area (Å²) in [5.74, 6) is 0.645. The summed E-state index contributed by atoms with van der Waals surface area (Å²) >= 11 is 0. The van der Waals surface area contributed by atoms with Crippen LogP contribution in [0, 0.1) is 31.1 Å². The molecule has 142 valence electrons. The highest BCUT2D eigenvalue weighted by molar-refractivity contribution is 5.76. The predicted octanol–water partition coefficient (Wildman–Crippen LogP) is 3.35. The summed E-state index contributed by atoms with van der Waals surface area (Å²) in [6.45, 7) is 8.46. The lowest BCUT2D eigenvalue weighted by Gasteiger charge is -2.22. The topological polar surface area (TPSA) is 85.8 Å². The molecule has 27 heavy (non-hydrogen) atoms. The number of pyridine rings is 1. The number of hydrogen-bond acceptors (Lipinski definition) is 3. The summed E-state index contributed by atoms with van der Waals surface area (Å²) < 4.78 is 0. The van der Waals surface area contributed by atoms with Gasteiger partial charge in [0.2, 0.25) is 5.91 Å². The average Bonchev–Trinajstić information content (AvgIpc) is 2.62. The van der Waals surface area contributed by atoms with Crippen molar-refractivity contribution in [2.45, 2.75) is 46.5 Å². The number of aromatic amines is 1. The molecular formula is C22H27N3O2. The van der Waals surface area contributed by atoms with Crippen molar-refractivity contribution in [2.75, 3.05) is 6.54 Å². The average molecular weight is 365 g/mol. The molecule has 0 aliphatic rings. The summed E-state index contributed by atoms with van der Waals surface area (Å²) in [5, 5.41) is 12.2. The van der Waals surface area contributed by atoms with Gasteiger partial charge in [-0.05, 0) is 42.9 Å². The van der Waals surface area contributed by atoms with Crippen molar-refractivity contribution in [3.63, 3.8) is 0 Å². The Hall–Kier alpha value is -2.87. The SMILES string of the molecule is Cc1[nH]c(=O)c(C#N)c(C)c1CCC(=O)NCC(c1ccccc1)C(C)C. The monoisotopic (exact) mass is 365 g/mol. The second-order valence-corrected chi connectivity index (χ2v) is 7.23. The zero-order chi connectivity index (χ0) is 20.0. The Morgan fingerprint density at radius 2 is 1.89 bits per heavy atom. The molecule has 1 aromatic carbocycles. The molecule has 1 atom stereocenters. The number of hydrogen-bond donors (Lipinski definition) is 2. The van der Waals surface area contributed by atoms with E-state index in [0.29, 0.717) is 36.6 Å². The third kappa shape index (κ3) is 5.07. The van der Waals surface area contributed by atoms with Crippen LogP contribution in [0.5, 0.6) is 0 Å². The summed E-state index contributed by atoms with van der Waals surface area (Å²) in [7, 11) is 0. The van der Waals surface area contributed by atoms with Crippen LogP contribution < -0.4 is 10.9 Å². The number of aryl methyl sites for hydroxylation is 1. The van der Waals surface area contributed by atoms with Gasteiger partial charge in [-0.2, -0.15) is 5.26 Å². The van der Waals surface area contributed by atoms with Crippen molar-refractivity contribution < 1.29 is 4.79 Å². The molecule has 1 aromatic heterocycles. The Balaban J connectivity index is 2.01. The van der Waals surface area contributed by atoms with Gasteiger partial charge >= 0.3 is 0 Å². The number of H-pyrrole nitrogens is 1. The number of nitrogens with one attached hydrogen (secondary N) is 2. The fraction of sp³-hybridized carbons (Fsp3) is 0.409. The molecule has 0 fully saturated rings. The van der Waals surface area contributed by atoms with E-state index in [0.717, 1.165) is 5.56 Å². The van der Waals surface area contributed by atoms with Crippen LogP contribution in [0.25, 0.3) is 0 Å². The molecule has 0 saturated carbocycles. The van der Waals surface area contributed by atoms with Gasteiger partial charge in [0, 0.05) is 24.6 Å². The van der Waals surface area contributed by atoms with Crippen LogP contribution in [-0.4, -0.2) is 17.4 Å². The molecule has 5 nitrogen and oxygen atoms in total. The molecule has 1 unspecified atom stereocenters. The molecule has 2 N–H and O–H groups in total. The van der Waals surface area contributed by atoms with Crippen LogP contribution in [0.15, 0.2) is 35.1 Å². The van der Waals surface area contributed by atoms with Gasteiger partial charge in [0.1, 0.15) is 11.6 Å². The lowest BCUT2D eigenvalue weighted by molar-refractivity contribution is -0.121. The van der Waals surface area contributed by atoms with Crippen LogP contribution in [0.2, 0.25) is 0 Å². The maximum atomic E-state index is 12.4.